The summed E-state index contributed by atoms with van der Waals surface area (Å²) in [7, 11) is 0. The number of carbonyl (C=O) groups is 1. The predicted octanol–water partition coefficient (Wildman–Crippen LogP) is 2.61. The number of nitrogens with zero attached hydrogens (tertiary/aromatic N) is 2. The molecule has 7 nitrogen and oxygen atoms in total. The number of carbonyl (C=O) groups excluding carboxylic acids is 1. The Morgan fingerprint density at radius 2 is 2.00 bits per heavy atom. The molecule has 108 valence electrons. The molecule has 1 N–H and O–H groups in total. The van der Waals surface area contributed by atoms with E-state index >= 15 is 0 Å². The quantitative estimate of drug-likeness (QED) is 0.474. The fraction of sp³-hybridized carbons (Fsp3) is 0.0769. The molecule has 0 aliphatic rings. The number of halogens is 1. The molecule has 0 radical (unpaired) electrons. The molecule has 2 rings (SSSR count). The molecule has 1 amide bonds. The molecule has 0 aliphatic carbocycles. The van der Waals surface area contributed by atoms with Crippen molar-refractivity contribution in [2.45, 2.75) is 0 Å². The van der Waals surface area contributed by atoms with Gasteiger partial charge in [-0.2, -0.15) is 0 Å². The lowest BCUT2D eigenvalue weighted by atomic mass is 10.3. The van der Waals surface area contributed by atoms with Gasteiger partial charge in [-0.3, -0.25) is 14.9 Å². The van der Waals surface area contributed by atoms with E-state index in [4.69, 9.17) is 4.74 Å². The summed E-state index contributed by atoms with van der Waals surface area (Å²) in [6.07, 6.45) is 1.08. The highest BCUT2D eigenvalue weighted by molar-refractivity contribution is 14.1. The van der Waals surface area contributed by atoms with Crippen LogP contribution in [0, 0.1) is 13.7 Å². The van der Waals surface area contributed by atoms with Crippen molar-refractivity contribution in [3.8, 4) is 5.75 Å². The first-order chi connectivity index (χ1) is 10.0. The zero-order chi connectivity index (χ0) is 15.2. The van der Waals surface area contributed by atoms with Gasteiger partial charge in [0.1, 0.15) is 17.8 Å². The average molecular weight is 399 g/mol. The number of benzene rings is 1. The van der Waals surface area contributed by atoms with Crippen molar-refractivity contribution in [3.63, 3.8) is 0 Å². The minimum Gasteiger partial charge on any atom is -0.484 e. The summed E-state index contributed by atoms with van der Waals surface area (Å²) in [5.74, 6) is 0.425. The maximum atomic E-state index is 11.7. The van der Waals surface area contributed by atoms with E-state index in [1.807, 2.05) is 12.1 Å². The lowest BCUT2D eigenvalue weighted by Crippen LogP contribution is -2.20. The summed E-state index contributed by atoms with van der Waals surface area (Å²) in [5, 5.41) is 13.0. The normalized spacial score (nSPS) is 9.95. The monoisotopic (exact) mass is 399 g/mol. The summed E-state index contributed by atoms with van der Waals surface area (Å²) in [6, 6.07) is 9.89. The number of nitro groups is 1. The summed E-state index contributed by atoms with van der Waals surface area (Å²) >= 11 is 2.17. The van der Waals surface area contributed by atoms with Gasteiger partial charge in [0.05, 0.1) is 4.92 Å². The molecule has 0 unspecified atom stereocenters. The van der Waals surface area contributed by atoms with Gasteiger partial charge in [-0.1, -0.05) is 0 Å². The van der Waals surface area contributed by atoms with Gasteiger partial charge in [0.25, 0.3) is 11.6 Å². The fourth-order valence-electron chi connectivity index (χ4n) is 1.43. The molecule has 1 heterocycles. The number of nitrogens with one attached hydrogen (secondary N) is 1. The third-order valence-electron chi connectivity index (χ3n) is 2.41. The molecule has 0 saturated carbocycles. The number of hydrogen-bond acceptors (Lipinski definition) is 5. The Morgan fingerprint density at radius 3 is 2.57 bits per heavy atom. The van der Waals surface area contributed by atoms with E-state index in [1.54, 1.807) is 12.1 Å². The van der Waals surface area contributed by atoms with Crippen LogP contribution in [0.1, 0.15) is 0 Å². The van der Waals surface area contributed by atoms with Gasteiger partial charge in [-0.15, -0.1) is 0 Å². The molecular formula is C13H10IN3O4. The maximum absolute atomic E-state index is 11.7. The first-order valence-corrected chi connectivity index (χ1v) is 6.91. The van der Waals surface area contributed by atoms with E-state index in [0.717, 1.165) is 9.77 Å². The molecule has 0 atom stereocenters. The molecule has 21 heavy (non-hydrogen) atoms. The second kappa shape index (κ2) is 6.97. The van der Waals surface area contributed by atoms with Crippen LogP contribution in [0.3, 0.4) is 0 Å². The van der Waals surface area contributed by atoms with Gasteiger partial charge in [0.2, 0.25) is 0 Å². The third kappa shape index (κ3) is 4.67. The lowest BCUT2D eigenvalue weighted by molar-refractivity contribution is -0.385. The number of amides is 1. The number of rotatable bonds is 5. The van der Waals surface area contributed by atoms with Crippen LogP contribution in [-0.2, 0) is 4.79 Å². The Morgan fingerprint density at radius 1 is 1.29 bits per heavy atom. The van der Waals surface area contributed by atoms with Crippen LogP contribution in [0.25, 0.3) is 0 Å². The Bertz CT molecular complexity index is 643. The molecule has 1 aromatic carbocycles. The predicted molar refractivity (Wildman–Crippen MR) is 84.2 cm³/mol. The van der Waals surface area contributed by atoms with Crippen molar-refractivity contribution in [1.29, 1.82) is 0 Å². The van der Waals surface area contributed by atoms with Crippen LogP contribution in [0.15, 0.2) is 42.6 Å². The van der Waals surface area contributed by atoms with Crippen molar-refractivity contribution >= 4 is 40.0 Å². The molecule has 0 fully saturated rings. The van der Waals surface area contributed by atoms with Crippen LogP contribution in [0.2, 0.25) is 0 Å². The van der Waals surface area contributed by atoms with Gasteiger partial charge in [-0.25, -0.2) is 4.98 Å². The van der Waals surface area contributed by atoms with Crippen LogP contribution >= 0.6 is 22.6 Å². The zero-order valence-electron chi connectivity index (χ0n) is 10.7. The highest BCUT2D eigenvalue weighted by Crippen LogP contribution is 2.14. The molecule has 2 aromatic rings. The average Bonchev–Trinajstić information content (AvgIpc) is 2.47. The highest BCUT2D eigenvalue weighted by Gasteiger charge is 2.08. The highest BCUT2D eigenvalue weighted by atomic mass is 127. The summed E-state index contributed by atoms with van der Waals surface area (Å²) in [5.41, 5.74) is -0.136. The van der Waals surface area contributed by atoms with Gasteiger partial charge < -0.3 is 10.1 Å². The van der Waals surface area contributed by atoms with E-state index < -0.39 is 10.8 Å². The number of hydrogen-bond donors (Lipinski definition) is 1. The topological polar surface area (TPSA) is 94.4 Å². The van der Waals surface area contributed by atoms with Crippen LogP contribution in [0.5, 0.6) is 5.75 Å². The largest absolute Gasteiger partial charge is 0.484 e. The Hall–Kier alpha value is -2.23. The van der Waals surface area contributed by atoms with E-state index in [9.17, 15) is 14.9 Å². The van der Waals surface area contributed by atoms with Crippen LogP contribution < -0.4 is 10.1 Å². The molecule has 0 saturated heterocycles. The fourth-order valence-corrected chi connectivity index (χ4v) is 1.79. The van der Waals surface area contributed by atoms with Crippen molar-refractivity contribution in [3.05, 3.63) is 56.3 Å². The summed E-state index contributed by atoms with van der Waals surface area (Å²) in [6.45, 7) is -0.167. The minimum absolute atomic E-state index is 0.136. The van der Waals surface area contributed by atoms with Gasteiger partial charge in [0, 0.05) is 9.64 Å². The molecule has 0 spiro atoms. The Balaban J connectivity index is 1.86. The van der Waals surface area contributed by atoms with Crippen molar-refractivity contribution in [1.82, 2.24) is 4.98 Å². The van der Waals surface area contributed by atoms with Crippen molar-refractivity contribution in [2.24, 2.45) is 0 Å². The van der Waals surface area contributed by atoms with Crippen LogP contribution in [0.4, 0.5) is 11.5 Å². The number of anilines is 1. The Labute approximate surface area is 133 Å². The molecule has 0 aliphatic heterocycles. The standard InChI is InChI=1S/C13H10IN3O4/c14-9-1-4-11(5-2-9)21-8-13(18)16-12-6-3-10(7-15-12)17(19)20/h1-7H,8H2,(H,15,16,18). The van der Waals surface area contributed by atoms with Gasteiger partial charge in [0.15, 0.2) is 6.61 Å². The molecule has 8 heteroatoms. The van der Waals surface area contributed by atoms with E-state index in [1.165, 1.54) is 12.1 Å². The summed E-state index contributed by atoms with van der Waals surface area (Å²) in [4.78, 5) is 25.4. The number of pyridine rings is 1. The van der Waals surface area contributed by atoms with E-state index in [0.29, 0.717) is 5.75 Å². The second-order valence-electron chi connectivity index (χ2n) is 3.95. The van der Waals surface area contributed by atoms with Gasteiger partial charge >= 0.3 is 0 Å². The first-order valence-electron chi connectivity index (χ1n) is 5.83. The number of ether oxygens (including phenoxy) is 1. The van der Waals surface area contributed by atoms with Gasteiger partial charge in [-0.05, 0) is 52.9 Å². The van der Waals surface area contributed by atoms with Crippen LogP contribution in [-0.4, -0.2) is 22.4 Å². The number of aromatic nitrogens is 1. The maximum Gasteiger partial charge on any atom is 0.287 e. The minimum atomic E-state index is -0.557. The second-order valence-corrected chi connectivity index (χ2v) is 5.20. The van der Waals surface area contributed by atoms with Crippen molar-refractivity contribution in [2.75, 3.05) is 11.9 Å². The van der Waals surface area contributed by atoms with E-state index in [2.05, 4.69) is 32.9 Å². The molecule has 0 bridgehead atoms. The van der Waals surface area contributed by atoms with Crippen molar-refractivity contribution < 1.29 is 14.5 Å². The molecular weight excluding hydrogens is 389 g/mol. The zero-order valence-corrected chi connectivity index (χ0v) is 12.8. The Kier molecular flexibility index (Phi) is 5.04. The smallest absolute Gasteiger partial charge is 0.287 e. The third-order valence-corrected chi connectivity index (χ3v) is 3.13. The first kappa shape index (κ1) is 15.2. The summed E-state index contributed by atoms with van der Waals surface area (Å²) < 4.78 is 6.37. The molecule has 1 aromatic heterocycles. The lowest BCUT2D eigenvalue weighted by Gasteiger charge is -2.06. The SMILES string of the molecule is O=C(COc1ccc(I)cc1)Nc1ccc([N+](=O)[O-])cn1. The van der Waals surface area contributed by atoms with E-state index in [-0.39, 0.29) is 18.1 Å².